The van der Waals surface area contributed by atoms with Crippen LogP contribution in [0.1, 0.15) is 41.0 Å². The van der Waals surface area contributed by atoms with Crippen molar-refractivity contribution in [1.29, 1.82) is 0 Å². The number of fused-ring (bicyclic) bond motifs is 1. The second-order valence-electron chi connectivity index (χ2n) is 8.43. The summed E-state index contributed by atoms with van der Waals surface area (Å²) in [6.45, 7) is 2.61. The molecule has 0 radical (unpaired) electrons. The Kier molecular flexibility index (Phi) is 9.09. The number of hydrogen-bond acceptors (Lipinski definition) is 8. The number of anilines is 1. The van der Waals surface area contributed by atoms with Crippen LogP contribution in [0.3, 0.4) is 0 Å². The van der Waals surface area contributed by atoms with E-state index in [0.717, 1.165) is 6.07 Å². The number of methoxy groups -OCH3 is 1. The van der Waals surface area contributed by atoms with Crippen molar-refractivity contribution >= 4 is 81.5 Å². The van der Waals surface area contributed by atoms with Gasteiger partial charge in [0.25, 0.3) is 23.4 Å². The van der Waals surface area contributed by atoms with E-state index in [4.69, 9.17) is 55.9 Å². The summed E-state index contributed by atoms with van der Waals surface area (Å²) < 4.78 is 10.0. The molecule has 0 aliphatic carbocycles. The molecule has 3 rings (SSSR count). The first-order valence-corrected chi connectivity index (χ1v) is 12.3. The van der Waals surface area contributed by atoms with Gasteiger partial charge in [0.05, 0.1) is 49.3 Å². The molecule has 11 nitrogen and oxygen atoms in total. The first kappa shape index (κ1) is 29.4. The van der Waals surface area contributed by atoms with E-state index in [1.807, 2.05) is 0 Å². The number of hydrogen-bond donors (Lipinski definition) is 1. The molecule has 15 heteroatoms. The van der Waals surface area contributed by atoms with E-state index in [1.165, 1.54) is 19.2 Å². The van der Waals surface area contributed by atoms with E-state index in [9.17, 15) is 29.3 Å². The van der Waals surface area contributed by atoms with Crippen LogP contribution >= 0.6 is 46.4 Å². The summed E-state index contributed by atoms with van der Waals surface area (Å²) in [6.07, 6.45) is -0.0213. The normalized spacial score (nSPS) is 13.4. The SMILES string of the molecule is COc1ccc(NC(=O)COC(=O)[C@H](CC(C)C)N2C(=O)c3c(Cl)c(Cl)c(Cl)c(Cl)c3C2=O)c([N+](=O)[O-])c1. The number of imide groups is 1. The Morgan fingerprint density at radius 1 is 1.03 bits per heavy atom. The molecule has 1 aliphatic rings. The summed E-state index contributed by atoms with van der Waals surface area (Å²) in [5.74, 6) is -3.85. The summed E-state index contributed by atoms with van der Waals surface area (Å²) in [4.78, 5) is 63.1. The topological polar surface area (TPSA) is 145 Å². The van der Waals surface area contributed by atoms with Crippen LogP contribution in [-0.2, 0) is 14.3 Å². The molecular weight excluding hydrogens is 588 g/mol. The van der Waals surface area contributed by atoms with E-state index < -0.39 is 47.0 Å². The zero-order chi connectivity index (χ0) is 28.5. The number of amides is 3. The summed E-state index contributed by atoms with van der Waals surface area (Å²) in [5, 5.41) is 12.6. The van der Waals surface area contributed by atoms with Gasteiger partial charge >= 0.3 is 5.97 Å². The zero-order valence-corrected chi connectivity index (χ0v) is 23.0. The van der Waals surface area contributed by atoms with Gasteiger partial charge in [0.15, 0.2) is 6.61 Å². The van der Waals surface area contributed by atoms with Crippen molar-refractivity contribution in [3.63, 3.8) is 0 Å². The number of ether oxygens (including phenoxy) is 2. The quantitative estimate of drug-likeness (QED) is 0.0995. The van der Waals surface area contributed by atoms with Crippen LogP contribution in [0.4, 0.5) is 11.4 Å². The van der Waals surface area contributed by atoms with Crippen LogP contribution in [0.2, 0.25) is 20.1 Å². The van der Waals surface area contributed by atoms with E-state index in [2.05, 4.69) is 5.32 Å². The maximum absolute atomic E-state index is 13.2. The highest BCUT2D eigenvalue weighted by Crippen LogP contribution is 2.45. The van der Waals surface area contributed by atoms with E-state index in [0.29, 0.717) is 4.90 Å². The van der Waals surface area contributed by atoms with Gasteiger partial charge in [0.2, 0.25) is 0 Å². The van der Waals surface area contributed by atoms with Crippen molar-refractivity contribution in [3.8, 4) is 5.75 Å². The summed E-state index contributed by atoms with van der Waals surface area (Å²) in [5.41, 5.74) is -1.21. The molecule has 0 aromatic heterocycles. The van der Waals surface area contributed by atoms with Crippen LogP contribution in [-0.4, -0.2) is 53.3 Å². The number of nitrogens with zero attached hydrogens (tertiary/aromatic N) is 2. The van der Waals surface area contributed by atoms with Crippen molar-refractivity contribution in [2.24, 2.45) is 5.92 Å². The Morgan fingerprint density at radius 2 is 1.58 bits per heavy atom. The lowest BCUT2D eigenvalue weighted by Crippen LogP contribution is -2.47. The van der Waals surface area contributed by atoms with Gasteiger partial charge in [-0.05, 0) is 24.5 Å². The van der Waals surface area contributed by atoms with Crippen LogP contribution in [0.25, 0.3) is 0 Å². The third kappa shape index (κ3) is 5.65. The van der Waals surface area contributed by atoms with E-state index >= 15 is 0 Å². The maximum atomic E-state index is 13.2. The van der Waals surface area contributed by atoms with Crippen LogP contribution in [0.15, 0.2) is 18.2 Å². The van der Waals surface area contributed by atoms with Crippen molar-refractivity contribution in [1.82, 2.24) is 4.90 Å². The second-order valence-corrected chi connectivity index (χ2v) is 9.94. The van der Waals surface area contributed by atoms with Crippen LogP contribution < -0.4 is 10.1 Å². The zero-order valence-electron chi connectivity index (χ0n) is 20.0. The first-order chi connectivity index (χ1) is 17.8. The molecule has 1 heterocycles. The smallest absolute Gasteiger partial charge is 0.329 e. The number of carbonyl (C=O) groups is 4. The highest BCUT2D eigenvalue weighted by atomic mass is 35.5. The number of rotatable bonds is 9. The number of benzene rings is 2. The molecule has 1 aliphatic heterocycles. The molecule has 1 atom stereocenters. The molecule has 1 N–H and O–H groups in total. The highest BCUT2D eigenvalue weighted by Gasteiger charge is 2.47. The molecule has 0 spiro atoms. The predicted octanol–water partition coefficient (Wildman–Crippen LogP) is 5.41. The molecule has 38 heavy (non-hydrogen) atoms. The van der Waals surface area contributed by atoms with E-state index in [1.54, 1.807) is 13.8 Å². The fraction of sp³-hybridized carbons (Fsp3) is 0.304. The van der Waals surface area contributed by atoms with Crippen molar-refractivity contribution in [3.05, 3.63) is 59.5 Å². The minimum atomic E-state index is -1.45. The fourth-order valence-corrected chi connectivity index (χ4v) is 4.73. The molecule has 0 saturated heterocycles. The Labute approximate surface area is 236 Å². The monoisotopic (exact) mass is 605 g/mol. The van der Waals surface area contributed by atoms with Crippen molar-refractivity contribution < 1.29 is 33.6 Å². The molecule has 2 aromatic rings. The Bertz CT molecular complexity index is 1320. The maximum Gasteiger partial charge on any atom is 0.329 e. The average molecular weight is 607 g/mol. The lowest BCUT2D eigenvalue weighted by atomic mass is 10.0. The summed E-state index contributed by atoms with van der Waals surface area (Å²) in [6, 6.07) is 2.30. The Balaban J connectivity index is 1.82. The summed E-state index contributed by atoms with van der Waals surface area (Å²) >= 11 is 24.4. The lowest BCUT2D eigenvalue weighted by Gasteiger charge is -2.25. The number of carbonyl (C=O) groups excluding carboxylic acids is 4. The van der Waals surface area contributed by atoms with Gasteiger partial charge in [-0.15, -0.1) is 0 Å². The fourth-order valence-electron chi connectivity index (χ4n) is 3.72. The molecule has 0 unspecified atom stereocenters. The Hall–Kier alpha value is -3.12. The van der Waals surface area contributed by atoms with Gasteiger partial charge in [-0.3, -0.25) is 29.4 Å². The molecular formula is C23H19Cl4N3O8. The molecule has 0 fully saturated rings. The predicted molar refractivity (Wildman–Crippen MR) is 139 cm³/mol. The molecule has 3 amide bonds. The third-order valence-electron chi connectivity index (χ3n) is 5.43. The molecule has 202 valence electrons. The number of nitrogens with one attached hydrogen (secondary N) is 1. The molecule has 2 aromatic carbocycles. The second kappa shape index (κ2) is 11.7. The largest absolute Gasteiger partial charge is 0.496 e. The van der Waals surface area contributed by atoms with E-state index in [-0.39, 0.29) is 55.0 Å². The third-order valence-corrected chi connectivity index (χ3v) is 7.23. The lowest BCUT2D eigenvalue weighted by molar-refractivity contribution is -0.384. The molecule has 0 bridgehead atoms. The van der Waals surface area contributed by atoms with Gasteiger partial charge in [-0.2, -0.15) is 0 Å². The van der Waals surface area contributed by atoms with Crippen LogP contribution in [0.5, 0.6) is 5.75 Å². The van der Waals surface area contributed by atoms with Gasteiger partial charge < -0.3 is 14.8 Å². The first-order valence-electron chi connectivity index (χ1n) is 10.8. The van der Waals surface area contributed by atoms with Crippen molar-refractivity contribution in [2.45, 2.75) is 26.3 Å². The van der Waals surface area contributed by atoms with Gasteiger partial charge in [0, 0.05) is 0 Å². The molecule has 0 saturated carbocycles. The average Bonchev–Trinajstić information content (AvgIpc) is 3.12. The summed E-state index contributed by atoms with van der Waals surface area (Å²) in [7, 11) is 1.32. The Morgan fingerprint density at radius 3 is 2.05 bits per heavy atom. The van der Waals surface area contributed by atoms with Gasteiger partial charge in [0.1, 0.15) is 17.5 Å². The number of esters is 1. The minimum Gasteiger partial charge on any atom is -0.496 e. The van der Waals surface area contributed by atoms with Gasteiger partial charge in [-0.25, -0.2) is 4.79 Å². The number of halogens is 4. The number of nitro groups is 1. The van der Waals surface area contributed by atoms with Gasteiger partial charge in [-0.1, -0.05) is 60.3 Å². The minimum absolute atomic E-state index is 0.0213. The van der Waals surface area contributed by atoms with Crippen molar-refractivity contribution in [2.75, 3.05) is 19.0 Å². The number of nitro benzene ring substituents is 1. The highest BCUT2D eigenvalue weighted by molar-refractivity contribution is 6.55. The standard InChI is InChI=1S/C23H19Cl4N3O8/c1-9(2)6-13(29-21(32)15-16(22(29)33)18(25)20(27)19(26)17(15)24)23(34)38-8-14(31)28-11-5-4-10(37-3)7-12(11)30(35)36/h4-5,7,9,13H,6,8H2,1-3H3,(H,28,31)/t13-/m0/s1. The van der Waals surface area contributed by atoms with Crippen LogP contribution in [0, 0.1) is 16.0 Å².